The number of nitrogens with zero attached hydrogens (tertiary/aromatic N) is 7. The van der Waals surface area contributed by atoms with Crippen molar-refractivity contribution in [1.82, 2.24) is 29.9 Å². The Kier molecular flexibility index (Phi) is 5.23. The predicted octanol–water partition coefficient (Wildman–Crippen LogP) is 1.04. The third-order valence-corrected chi connectivity index (χ3v) is 4.78. The van der Waals surface area contributed by atoms with Gasteiger partial charge in [0.15, 0.2) is 11.6 Å². The smallest absolute Gasteiger partial charge is 0.254 e. The molecule has 1 saturated heterocycles. The molecule has 0 unspecified atom stereocenters. The van der Waals surface area contributed by atoms with Gasteiger partial charge in [-0.15, -0.1) is 10.2 Å². The molecule has 2 aromatic heterocycles. The third-order valence-electron chi connectivity index (χ3n) is 4.78. The highest BCUT2D eigenvalue weighted by molar-refractivity contribution is 5.95. The van der Waals surface area contributed by atoms with E-state index >= 15 is 0 Å². The Labute approximate surface area is 167 Å². The van der Waals surface area contributed by atoms with Gasteiger partial charge in [0.1, 0.15) is 24.2 Å². The molecule has 0 spiro atoms. The number of methoxy groups -OCH3 is 2. The van der Waals surface area contributed by atoms with E-state index in [1.807, 2.05) is 17.0 Å². The van der Waals surface area contributed by atoms with Gasteiger partial charge in [0.2, 0.25) is 0 Å². The van der Waals surface area contributed by atoms with Crippen LogP contribution in [0.5, 0.6) is 11.5 Å². The van der Waals surface area contributed by atoms with Gasteiger partial charge < -0.3 is 19.3 Å². The Morgan fingerprint density at radius 1 is 0.931 bits per heavy atom. The van der Waals surface area contributed by atoms with E-state index in [1.54, 1.807) is 43.4 Å². The van der Waals surface area contributed by atoms with Crippen molar-refractivity contribution in [2.24, 2.45) is 0 Å². The number of benzene rings is 1. The molecule has 1 aromatic carbocycles. The Hall–Kier alpha value is -3.69. The minimum atomic E-state index is -0.0468. The predicted molar refractivity (Wildman–Crippen MR) is 105 cm³/mol. The number of ether oxygens (including phenoxy) is 2. The number of anilines is 1. The van der Waals surface area contributed by atoms with E-state index in [1.165, 1.54) is 6.33 Å². The number of hydrogen-bond acceptors (Lipinski definition) is 8. The van der Waals surface area contributed by atoms with Gasteiger partial charge in [-0.2, -0.15) is 5.10 Å². The summed E-state index contributed by atoms with van der Waals surface area (Å²) in [5, 5.41) is 12.5. The Bertz CT molecular complexity index is 946. The number of rotatable bonds is 5. The van der Waals surface area contributed by atoms with Gasteiger partial charge in [0, 0.05) is 37.8 Å². The zero-order chi connectivity index (χ0) is 20.2. The number of carbonyl (C=O) groups is 1. The summed E-state index contributed by atoms with van der Waals surface area (Å²) in [5.41, 5.74) is 0.548. The summed E-state index contributed by atoms with van der Waals surface area (Å²) in [7, 11) is 3.13. The lowest BCUT2D eigenvalue weighted by molar-refractivity contribution is 0.0745. The van der Waals surface area contributed by atoms with Crippen LogP contribution < -0.4 is 14.4 Å². The van der Waals surface area contributed by atoms with Crippen LogP contribution in [0.1, 0.15) is 10.4 Å². The highest BCUT2D eigenvalue weighted by Gasteiger charge is 2.24. The van der Waals surface area contributed by atoms with Crippen LogP contribution in [0.3, 0.4) is 0 Å². The molecule has 1 aliphatic rings. The molecule has 29 heavy (non-hydrogen) atoms. The lowest BCUT2D eigenvalue weighted by atomic mass is 10.1. The fourth-order valence-corrected chi connectivity index (χ4v) is 3.19. The average molecular weight is 395 g/mol. The number of hydrogen-bond donors (Lipinski definition) is 0. The fraction of sp³-hybridized carbons (Fsp3) is 0.316. The molecule has 0 radical (unpaired) electrons. The van der Waals surface area contributed by atoms with E-state index in [9.17, 15) is 4.79 Å². The second kappa shape index (κ2) is 8.13. The first kappa shape index (κ1) is 18.7. The molecule has 1 amide bonds. The summed E-state index contributed by atoms with van der Waals surface area (Å²) in [4.78, 5) is 20.7. The van der Waals surface area contributed by atoms with E-state index in [-0.39, 0.29) is 5.91 Å². The molecule has 4 rings (SSSR count). The molecule has 10 heteroatoms. The van der Waals surface area contributed by atoms with E-state index < -0.39 is 0 Å². The summed E-state index contributed by atoms with van der Waals surface area (Å²) in [6.07, 6.45) is 3.02. The molecule has 1 fully saturated rings. The second-order valence-electron chi connectivity index (χ2n) is 6.47. The topological polar surface area (TPSA) is 98.5 Å². The first-order chi connectivity index (χ1) is 14.2. The molecule has 0 saturated carbocycles. The van der Waals surface area contributed by atoms with Crippen LogP contribution in [-0.2, 0) is 0 Å². The van der Waals surface area contributed by atoms with E-state index in [0.717, 1.165) is 5.82 Å². The number of amides is 1. The molecular formula is C19H21N7O3. The molecule has 0 bridgehead atoms. The van der Waals surface area contributed by atoms with Crippen LogP contribution in [0.15, 0.2) is 43.0 Å². The van der Waals surface area contributed by atoms with Crippen molar-refractivity contribution in [2.75, 3.05) is 45.3 Å². The first-order valence-corrected chi connectivity index (χ1v) is 9.14. The van der Waals surface area contributed by atoms with Crippen LogP contribution in [-0.4, -0.2) is 76.2 Å². The highest BCUT2D eigenvalue weighted by Crippen LogP contribution is 2.24. The number of carbonyl (C=O) groups excluding carboxylic acids is 1. The molecule has 1 aliphatic heterocycles. The molecule has 0 N–H and O–H groups in total. The summed E-state index contributed by atoms with van der Waals surface area (Å²) < 4.78 is 12.1. The second-order valence-corrected chi connectivity index (χ2v) is 6.47. The van der Waals surface area contributed by atoms with Crippen LogP contribution in [0.25, 0.3) is 5.82 Å². The SMILES string of the molecule is COc1cc(OC)cc(C(=O)N2CCN(c3ccc(-n4cncn4)nn3)CC2)c1. The van der Waals surface area contributed by atoms with Gasteiger partial charge in [0.25, 0.3) is 5.91 Å². The quantitative estimate of drug-likeness (QED) is 0.632. The Morgan fingerprint density at radius 2 is 1.59 bits per heavy atom. The van der Waals surface area contributed by atoms with Crippen molar-refractivity contribution < 1.29 is 14.3 Å². The van der Waals surface area contributed by atoms with Crippen molar-refractivity contribution in [3.05, 3.63) is 48.5 Å². The molecule has 3 heterocycles. The maximum Gasteiger partial charge on any atom is 0.254 e. The standard InChI is InChI=1S/C19H21N7O3/c1-28-15-9-14(10-16(11-15)29-2)19(27)25-7-5-24(6-8-25)17-3-4-18(23-22-17)26-13-20-12-21-26/h3-4,9-13H,5-8H2,1-2H3. The third kappa shape index (κ3) is 3.96. The highest BCUT2D eigenvalue weighted by atomic mass is 16.5. The Morgan fingerprint density at radius 3 is 2.14 bits per heavy atom. The van der Waals surface area contributed by atoms with Crippen LogP contribution in [0, 0.1) is 0 Å². The molecule has 0 atom stereocenters. The maximum absolute atomic E-state index is 12.9. The first-order valence-electron chi connectivity index (χ1n) is 9.14. The maximum atomic E-state index is 12.9. The van der Waals surface area contributed by atoms with Gasteiger partial charge in [-0.1, -0.05) is 0 Å². The normalized spacial score (nSPS) is 14.0. The van der Waals surface area contributed by atoms with Crippen molar-refractivity contribution >= 4 is 11.7 Å². The minimum absolute atomic E-state index is 0.0468. The molecule has 3 aromatic rings. The van der Waals surface area contributed by atoms with E-state index in [0.29, 0.717) is 49.1 Å². The van der Waals surface area contributed by atoms with Gasteiger partial charge in [0.05, 0.1) is 14.2 Å². The van der Waals surface area contributed by atoms with Crippen LogP contribution in [0.2, 0.25) is 0 Å². The van der Waals surface area contributed by atoms with Crippen molar-refractivity contribution in [1.29, 1.82) is 0 Å². The molecule has 10 nitrogen and oxygen atoms in total. The monoisotopic (exact) mass is 395 g/mol. The minimum Gasteiger partial charge on any atom is -0.497 e. The lowest BCUT2D eigenvalue weighted by Crippen LogP contribution is -2.49. The van der Waals surface area contributed by atoms with Crippen molar-refractivity contribution in [3.63, 3.8) is 0 Å². The molecular weight excluding hydrogens is 374 g/mol. The lowest BCUT2D eigenvalue weighted by Gasteiger charge is -2.35. The summed E-state index contributed by atoms with van der Waals surface area (Å²) in [6, 6.07) is 8.94. The number of aromatic nitrogens is 5. The fourth-order valence-electron chi connectivity index (χ4n) is 3.19. The van der Waals surface area contributed by atoms with Crippen LogP contribution in [0.4, 0.5) is 5.82 Å². The Balaban J connectivity index is 1.41. The summed E-state index contributed by atoms with van der Waals surface area (Å²) in [6.45, 7) is 2.52. The van der Waals surface area contributed by atoms with Gasteiger partial charge in [-0.25, -0.2) is 9.67 Å². The van der Waals surface area contributed by atoms with E-state index in [4.69, 9.17) is 9.47 Å². The van der Waals surface area contributed by atoms with E-state index in [2.05, 4.69) is 25.2 Å². The van der Waals surface area contributed by atoms with Gasteiger partial charge in [-0.05, 0) is 24.3 Å². The summed E-state index contributed by atoms with van der Waals surface area (Å²) in [5.74, 6) is 2.51. The van der Waals surface area contributed by atoms with Crippen molar-refractivity contribution in [2.45, 2.75) is 0 Å². The zero-order valence-corrected chi connectivity index (χ0v) is 16.2. The van der Waals surface area contributed by atoms with Crippen molar-refractivity contribution in [3.8, 4) is 17.3 Å². The van der Waals surface area contributed by atoms with Crippen LogP contribution >= 0.6 is 0 Å². The van der Waals surface area contributed by atoms with Gasteiger partial charge in [-0.3, -0.25) is 4.79 Å². The number of piperazine rings is 1. The average Bonchev–Trinajstić information content (AvgIpc) is 3.33. The largest absolute Gasteiger partial charge is 0.497 e. The summed E-state index contributed by atoms with van der Waals surface area (Å²) >= 11 is 0. The van der Waals surface area contributed by atoms with Gasteiger partial charge >= 0.3 is 0 Å². The zero-order valence-electron chi connectivity index (χ0n) is 16.2. The molecule has 0 aliphatic carbocycles. The molecule has 150 valence electrons.